The Morgan fingerprint density at radius 1 is 1.36 bits per heavy atom. The summed E-state index contributed by atoms with van der Waals surface area (Å²) in [4.78, 5) is 0. The SMILES string of the molecule is CCNc1ccc(O)cc1O. The van der Waals surface area contributed by atoms with Crippen LogP contribution in [0.5, 0.6) is 11.5 Å². The van der Waals surface area contributed by atoms with Crippen molar-refractivity contribution in [3.8, 4) is 11.5 Å². The van der Waals surface area contributed by atoms with Crippen LogP contribution in [0.15, 0.2) is 18.2 Å². The van der Waals surface area contributed by atoms with E-state index in [1.165, 1.54) is 12.1 Å². The van der Waals surface area contributed by atoms with Crippen LogP contribution in [-0.4, -0.2) is 16.8 Å². The molecule has 3 heteroatoms. The number of anilines is 1. The summed E-state index contributed by atoms with van der Waals surface area (Å²) < 4.78 is 0. The largest absolute Gasteiger partial charge is 0.508 e. The Labute approximate surface area is 65.3 Å². The monoisotopic (exact) mass is 153 g/mol. The van der Waals surface area contributed by atoms with Crippen LogP contribution in [0.3, 0.4) is 0 Å². The number of rotatable bonds is 2. The van der Waals surface area contributed by atoms with Gasteiger partial charge in [0.1, 0.15) is 11.5 Å². The Morgan fingerprint density at radius 2 is 2.09 bits per heavy atom. The average molecular weight is 153 g/mol. The minimum absolute atomic E-state index is 0.0733. The lowest BCUT2D eigenvalue weighted by Gasteiger charge is -2.04. The lowest BCUT2D eigenvalue weighted by Crippen LogP contribution is -1.95. The summed E-state index contributed by atoms with van der Waals surface area (Å²) in [5.41, 5.74) is 0.644. The third kappa shape index (κ3) is 1.77. The summed E-state index contributed by atoms with van der Waals surface area (Å²) in [6, 6.07) is 4.46. The van der Waals surface area contributed by atoms with Crippen molar-refractivity contribution in [2.45, 2.75) is 6.92 Å². The molecule has 0 amide bonds. The lowest BCUT2D eigenvalue weighted by atomic mass is 10.3. The molecule has 0 aromatic heterocycles. The van der Waals surface area contributed by atoms with Crippen LogP contribution < -0.4 is 5.32 Å². The van der Waals surface area contributed by atoms with Crippen molar-refractivity contribution in [3.05, 3.63) is 18.2 Å². The van der Waals surface area contributed by atoms with Crippen molar-refractivity contribution in [1.29, 1.82) is 0 Å². The molecule has 1 aromatic rings. The number of phenols is 2. The van der Waals surface area contributed by atoms with Gasteiger partial charge in [-0.1, -0.05) is 0 Å². The van der Waals surface area contributed by atoms with Crippen LogP contribution >= 0.6 is 0 Å². The van der Waals surface area contributed by atoms with Gasteiger partial charge in [-0.05, 0) is 19.1 Å². The summed E-state index contributed by atoms with van der Waals surface area (Å²) in [6.07, 6.45) is 0. The molecule has 0 atom stereocenters. The van der Waals surface area contributed by atoms with Gasteiger partial charge >= 0.3 is 0 Å². The third-order valence-corrected chi connectivity index (χ3v) is 1.35. The van der Waals surface area contributed by atoms with Gasteiger partial charge in [0.2, 0.25) is 0 Å². The molecule has 1 aromatic carbocycles. The van der Waals surface area contributed by atoms with Crippen molar-refractivity contribution in [2.75, 3.05) is 11.9 Å². The molecule has 60 valence electrons. The quantitative estimate of drug-likeness (QED) is 0.446. The zero-order valence-electron chi connectivity index (χ0n) is 6.33. The number of hydrogen-bond acceptors (Lipinski definition) is 3. The minimum Gasteiger partial charge on any atom is -0.508 e. The first kappa shape index (κ1) is 7.72. The van der Waals surface area contributed by atoms with E-state index in [2.05, 4.69) is 5.32 Å². The van der Waals surface area contributed by atoms with Crippen LogP contribution in [0, 0.1) is 0 Å². The number of hydrogen-bond donors (Lipinski definition) is 3. The molecule has 0 aliphatic carbocycles. The maximum Gasteiger partial charge on any atom is 0.142 e. The predicted molar refractivity (Wildman–Crippen MR) is 43.9 cm³/mol. The molecule has 0 heterocycles. The Kier molecular flexibility index (Phi) is 2.21. The van der Waals surface area contributed by atoms with Crippen molar-refractivity contribution in [2.24, 2.45) is 0 Å². The van der Waals surface area contributed by atoms with Crippen molar-refractivity contribution in [1.82, 2.24) is 0 Å². The smallest absolute Gasteiger partial charge is 0.142 e. The van der Waals surface area contributed by atoms with Gasteiger partial charge < -0.3 is 15.5 Å². The highest BCUT2D eigenvalue weighted by atomic mass is 16.3. The van der Waals surface area contributed by atoms with Gasteiger partial charge in [-0.15, -0.1) is 0 Å². The normalized spacial score (nSPS) is 9.55. The molecule has 0 aliphatic heterocycles. The summed E-state index contributed by atoms with van der Waals surface area (Å²) in [5.74, 6) is 0.149. The molecule has 0 radical (unpaired) electrons. The molecular formula is C8H11NO2. The molecule has 0 bridgehead atoms. The van der Waals surface area contributed by atoms with Crippen molar-refractivity contribution < 1.29 is 10.2 Å². The third-order valence-electron chi connectivity index (χ3n) is 1.35. The Bertz CT molecular complexity index is 248. The first-order valence-corrected chi connectivity index (χ1v) is 3.50. The maximum absolute atomic E-state index is 9.20. The van der Waals surface area contributed by atoms with E-state index in [9.17, 15) is 5.11 Å². The van der Waals surface area contributed by atoms with Crippen LogP contribution in [0.25, 0.3) is 0 Å². The lowest BCUT2D eigenvalue weighted by molar-refractivity contribution is 0.452. The molecular weight excluding hydrogens is 142 g/mol. The van der Waals surface area contributed by atoms with E-state index in [0.29, 0.717) is 5.69 Å². The average Bonchev–Trinajstić information content (AvgIpc) is 1.95. The Hall–Kier alpha value is -1.38. The molecule has 3 nitrogen and oxygen atoms in total. The topological polar surface area (TPSA) is 52.5 Å². The highest BCUT2D eigenvalue weighted by molar-refractivity contribution is 5.57. The first-order valence-electron chi connectivity index (χ1n) is 3.50. The van der Waals surface area contributed by atoms with Crippen molar-refractivity contribution in [3.63, 3.8) is 0 Å². The zero-order chi connectivity index (χ0) is 8.27. The van der Waals surface area contributed by atoms with E-state index in [1.807, 2.05) is 6.92 Å². The number of aromatic hydroxyl groups is 2. The highest BCUT2D eigenvalue weighted by Gasteiger charge is 1.98. The second-order valence-corrected chi connectivity index (χ2v) is 2.23. The van der Waals surface area contributed by atoms with Crippen LogP contribution in [0.4, 0.5) is 5.69 Å². The molecule has 0 aliphatic rings. The van der Waals surface area contributed by atoms with E-state index >= 15 is 0 Å². The summed E-state index contributed by atoms with van der Waals surface area (Å²) in [7, 11) is 0. The Balaban J connectivity index is 2.90. The molecule has 0 fully saturated rings. The maximum atomic E-state index is 9.20. The van der Waals surface area contributed by atoms with E-state index in [4.69, 9.17) is 5.11 Å². The van der Waals surface area contributed by atoms with Gasteiger partial charge in [0.15, 0.2) is 0 Å². The van der Waals surface area contributed by atoms with Gasteiger partial charge in [-0.2, -0.15) is 0 Å². The predicted octanol–water partition coefficient (Wildman–Crippen LogP) is 1.53. The standard InChI is InChI=1S/C8H11NO2/c1-2-9-7-4-3-6(10)5-8(7)11/h3-5,9-11H,2H2,1H3. The van der Waals surface area contributed by atoms with E-state index in [0.717, 1.165) is 6.54 Å². The Morgan fingerprint density at radius 3 is 2.64 bits per heavy atom. The molecule has 11 heavy (non-hydrogen) atoms. The van der Waals surface area contributed by atoms with Gasteiger partial charge in [0, 0.05) is 12.6 Å². The molecule has 0 unspecified atom stereocenters. The van der Waals surface area contributed by atoms with Gasteiger partial charge in [0.05, 0.1) is 5.69 Å². The molecule has 0 saturated carbocycles. The first-order chi connectivity index (χ1) is 5.24. The van der Waals surface area contributed by atoms with Gasteiger partial charge in [0.25, 0.3) is 0 Å². The van der Waals surface area contributed by atoms with Crippen molar-refractivity contribution >= 4 is 5.69 Å². The van der Waals surface area contributed by atoms with E-state index < -0.39 is 0 Å². The minimum atomic E-state index is 0.0733. The fraction of sp³-hybridized carbons (Fsp3) is 0.250. The zero-order valence-corrected chi connectivity index (χ0v) is 6.33. The molecule has 0 saturated heterocycles. The van der Waals surface area contributed by atoms with Gasteiger partial charge in [-0.25, -0.2) is 0 Å². The molecule has 3 N–H and O–H groups in total. The van der Waals surface area contributed by atoms with E-state index in [-0.39, 0.29) is 11.5 Å². The van der Waals surface area contributed by atoms with E-state index in [1.54, 1.807) is 6.07 Å². The fourth-order valence-corrected chi connectivity index (χ4v) is 0.860. The second kappa shape index (κ2) is 3.14. The fourth-order valence-electron chi connectivity index (χ4n) is 0.860. The van der Waals surface area contributed by atoms with Crippen LogP contribution in [0.2, 0.25) is 0 Å². The number of nitrogens with one attached hydrogen (secondary N) is 1. The van der Waals surface area contributed by atoms with Crippen LogP contribution in [0.1, 0.15) is 6.92 Å². The number of phenolic OH excluding ortho intramolecular Hbond substituents is 2. The summed E-state index contributed by atoms with van der Waals surface area (Å²) in [6.45, 7) is 2.69. The number of benzene rings is 1. The van der Waals surface area contributed by atoms with Crippen LogP contribution in [-0.2, 0) is 0 Å². The van der Waals surface area contributed by atoms with Gasteiger partial charge in [-0.3, -0.25) is 0 Å². The highest BCUT2D eigenvalue weighted by Crippen LogP contribution is 2.26. The molecule has 1 rings (SSSR count). The summed E-state index contributed by atoms with van der Waals surface area (Å²) >= 11 is 0. The molecule has 0 spiro atoms. The summed E-state index contributed by atoms with van der Waals surface area (Å²) in [5, 5.41) is 21.1. The second-order valence-electron chi connectivity index (χ2n) is 2.23.